The van der Waals surface area contributed by atoms with Crippen LogP contribution in [0.4, 0.5) is 0 Å². The molecule has 0 aliphatic heterocycles. The van der Waals surface area contributed by atoms with Crippen LogP contribution in [0.5, 0.6) is 0 Å². The van der Waals surface area contributed by atoms with E-state index in [1.54, 1.807) is 0 Å². The second kappa shape index (κ2) is 4.52. The monoisotopic (exact) mass is 210 g/mol. The first-order valence-corrected chi connectivity index (χ1v) is 6.18. The van der Waals surface area contributed by atoms with Crippen LogP contribution < -0.4 is 10.6 Å². The van der Waals surface area contributed by atoms with E-state index in [1.165, 1.54) is 38.5 Å². The largest absolute Gasteiger partial charge is 0.354 e. The predicted molar refractivity (Wildman–Crippen MR) is 60.6 cm³/mol. The first kappa shape index (κ1) is 10.9. The van der Waals surface area contributed by atoms with E-state index in [2.05, 4.69) is 17.6 Å². The van der Waals surface area contributed by atoms with E-state index in [-0.39, 0.29) is 5.91 Å². The molecule has 0 aromatic carbocycles. The summed E-state index contributed by atoms with van der Waals surface area (Å²) in [4.78, 5) is 11.5. The summed E-state index contributed by atoms with van der Waals surface area (Å²) in [5.41, 5.74) is 0.370. The second-order valence-electron chi connectivity index (χ2n) is 5.45. The molecule has 0 unspecified atom stereocenters. The minimum Gasteiger partial charge on any atom is -0.354 e. The number of amides is 1. The minimum atomic E-state index is 0.162. The summed E-state index contributed by atoms with van der Waals surface area (Å²) in [6.07, 6.45) is 7.67. The Morgan fingerprint density at radius 2 is 2.00 bits per heavy atom. The highest BCUT2D eigenvalue weighted by molar-refractivity contribution is 5.78. The Morgan fingerprint density at radius 1 is 1.33 bits per heavy atom. The Kier molecular flexibility index (Phi) is 3.29. The number of hydrogen-bond acceptors (Lipinski definition) is 2. The van der Waals surface area contributed by atoms with E-state index in [1.807, 2.05) is 0 Å². The standard InChI is InChI=1S/C12H22N2O/c1-12(6-2-3-7-12)9-14-11(15)8-13-10-4-5-10/h10,13H,2-9H2,1H3,(H,14,15). The highest BCUT2D eigenvalue weighted by Gasteiger charge is 2.29. The van der Waals surface area contributed by atoms with Crippen molar-refractivity contribution in [2.24, 2.45) is 5.41 Å². The van der Waals surface area contributed by atoms with Gasteiger partial charge in [-0.1, -0.05) is 19.8 Å². The highest BCUT2D eigenvalue weighted by atomic mass is 16.1. The summed E-state index contributed by atoms with van der Waals surface area (Å²) in [6, 6.07) is 0.623. The quantitative estimate of drug-likeness (QED) is 0.721. The molecule has 0 aromatic rings. The average Bonchev–Trinajstić information content (AvgIpc) is 2.95. The van der Waals surface area contributed by atoms with Crippen molar-refractivity contribution in [3.8, 4) is 0 Å². The van der Waals surface area contributed by atoms with Crippen molar-refractivity contribution < 1.29 is 4.79 Å². The van der Waals surface area contributed by atoms with Gasteiger partial charge in [0.25, 0.3) is 0 Å². The Labute approximate surface area is 92.0 Å². The van der Waals surface area contributed by atoms with Crippen molar-refractivity contribution in [1.29, 1.82) is 0 Å². The summed E-state index contributed by atoms with van der Waals surface area (Å²) >= 11 is 0. The molecule has 0 aromatic heterocycles. The fraction of sp³-hybridized carbons (Fsp3) is 0.917. The summed E-state index contributed by atoms with van der Waals surface area (Å²) < 4.78 is 0. The summed E-state index contributed by atoms with van der Waals surface area (Å²) in [6.45, 7) is 3.65. The molecule has 2 fully saturated rings. The minimum absolute atomic E-state index is 0.162. The lowest BCUT2D eigenvalue weighted by molar-refractivity contribution is -0.120. The Morgan fingerprint density at radius 3 is 2.60 bits per heavy atom. The number of nitrogens with one attached hydrogen (secondary N) is 2. The molecule has 15 heavy (non-hydrogen) atoms. The van der Waals surface area contributed by atoms with Crippen LogP contribution in [0.3, 0.4) is 0 Å². The van der Waals surface area contributed by atoms with Crippen LogP contribution in [0.2, 0.25) is 0 Å². The molecular formula is C12H22N2O. The van der Waals surface area contributed by atoms with Gasteiger partial charge in [0, 0.05) is 12.6 Å². The lowest BCUT2D eigenvalue weighted by Gasteiger charge is -2.23. The molecule has 3 heteroatoms. The van der Waals surface area contributed by atoms with Gasteiger partial charge in [-0.05, 0) is 31.1 Å². The van der Waals surface area contributed by atoms with Gasteiger partial charge >= 0.3 is 0 Å². The lowest BCUT2D eigenvalue weighted by atomic mass is 9.89. The zero-order valence-electron chi connectivity index (χ0n) is 9.64. The van der Waals surface area contributed by atoms with Crippen LogP contribution in [0, 0.1) is 5.41 Å². The van der Waals surface area contributed by atoms with Gasteiger partial charge in [0.15, 0.2) is 0 Å². The molecule has 0 atom stereocenters. The van der Waals surface area contributed by atoms with Crippen LogP contribution in [-0.4, -0.2) is 25.0 Å². The van der Waals surface area contributed by atoms with Gasteiger partial charge in [0.05, 0.1) is 6.54 Å². The first-order valence-electron chi connectivity index (χ1n) is 6.18. The van der Waals surface area contributed by atoms with Gasteiger partial charge in [-0.3, -0.25) is 4.79 Å². The molecule has 2 aliphatic carbocycles. The third-order valence-corrected chi connectivity index (χ3v) is 3.65. The molecular weight excluding hydrogens is 188 g/mol. The summed E-state index contributed by atoms with van der Waals surface area (Å²) in [5.74, 6) is 0.162. The number of hydrogen-bond donors (Lipinski definition) is 2. The van der Waals surface area contributed by atoms with E-state index in [4.69, 9.17) is 0 Å². The van der Waals surface area contributed by atoms with E-state index in [0.717, 1.165) is 6.54 Å². The SMILES string of the molecule is CC1(CNC(=O)CNC2CC2)CCCC1. The average molecular weight is 210 g/mol. The van der Waals surface area contributed by atoms with E-state index >= 15 is 0 Å². The zero-order valence-corrected chi connectivity index (χ0v) is 9.64. The lowest BCUT2D eigenvalue weighted by Crippen LogP contribution is -2.39. The molecule has 0 heterocycles. The van der Waals surface area contributed by atoms with Crippen molar-refractivity contribution in [1.82, 2.24) is 10.6 Å². The fourth-order valence-corrected chi connectivity index (χ4v) is 2.30. The maximum atomic E-state index is 11.5. The second-order valence-corrected chi connectivity index (χ2v) is 5.45. The normalized spacial score (nSPS) is 24.1. The van der Waals surface area contributed by atoms with Crippen LogP contribution in [0.25, 0.3) is 0 Å². The smallest absolute Gasteiger partial charge is 0.233 e. The van der Waals surface area contributed by atoms with Crippen molar-refractivity contribution in [2.45, 2.75) is 51.5 Å². The molecule has 0 spiro atoms. The molecule has 86 valence electrons. The maximum absolute atomic E-state index is 11.5. The number of carbonyl (C=O) groups is 1. The zero-order chi connectivity index (χ0) is 10.7. The van der Waals surface area contributed by atoms with E-state index in [9.17, 15) is 4.79 Å². The van der Waals surface area contributed by atoms with Gasteiger partial charge in [-0.25, -0.2) is 0 Å². The topological polar surface area (TPSA) is 41.1 Å². The predicted octanol–water partition coefficient (Wildman–Crippen LogP) is 1.43. The Bertz CT molecular complexity index is 230. The molecule has 2 N–H and O–H groups in total. The fourth-order valence-electron chi connectivity index (χ4n) is 2.30. The maximum Gasteiger partial charge on any atom is 0.233 e. The van der Waals surface area contributed by atoms with Gasteiger partial charge in [-0.15, -0.1) is 0 Å². The number of carbonyl (C=O) groups excluding carboxylic acids is 1. The summed E-state index contributed by atoms with van der Waals surface area (Å²) in [5, 5.41) is 6.28. The van der Waals surface area contributed by atoms with E-state index in [0.29, 0.717) is 18.0 Å². The van der Waals surface area contributed by atoms with E-state index < -0.39 is 0 Å². The molecule has 2 aliphatic rings. The van der Waals surface area contributed by atoms with Crippen molar-refractivity contribution in [3.63, 3.8) is 0 Å². The van der Waals surface area contributed by atoms with Gasteiger partial charge < -0.3 is 10.6 Å². The molecule has 2 saturated carbocycles. The van der Waals surface area contributed by atoms with Crippen LogP contribution >= 0.6 is 0 Å². The highest BCUT2D eigenvalue weighted by Crippen LogP contribution is 2.36. The third kappa shape index (κ3) is 3.49. The van der Waals surface area contributed by atoms with Crippen molar-refractivity contribution in [2.75, 3.05) is 13.1 Å². The molecule has 0 saturated heterocycles. The van der Waals surface area contributed by atoms with Crippen molar-refractivity contribution in [3.05, 3.63) is 0 Å². The van der Waals surface area contributed by atoms with Gasteiger partial charge in [0.1, 0.15) is 0 Å². The van der Waals surface area contributed by atoms with Crippen molar-refractivity contribution >= 4 is 5.91 Å². The Balaban J connectivity index is 1.60. The molecule has 0 bridgehead atoms. The van der Waals surface area contributed by atoms with Crippen LogP contribution in [-0.2, 0) is 4.79 Å². The Hall–Kier alpha value is -0.570. The summed E-state index contributed by atoms with van der Waals surface area (Å²) in [7, 11) is 0. The molecule has 0 radical (unpaired) electrons. The molecule has 2 rings (SSSR count). The van der Waals surface area contributed by atoms with Gasteiger partial charge in [-0.2, -0.15) is 0 Å². The van der Waals surface area contributed by atoms with Crippen LogP contribution in [0.1, 0.15) is 45.4 Å². The first-order chi connectivity index (χ1) is 7.18. The van der Waals surface area contributed by atoms with Gasteiger partial charge in [0.2, 0.25) is 5.91 Å². The molecule has 1 amide bonds. The van der Waals surface area contributed by atoms with Crippen LogP contribution in [0.15, 0.2) is 0 Å². The third-order valence-electron chi connectivity index (χ3n) is 3.65. The molecule has 3 nitrogen and oxygen atoms in total. The number of rotatable bonds is 5.